The predicted molar refractivity (Wildman–Crippen MR) is 61.0 cm³/mol. The first-order valence-electron chi connectivity index (χ1n) is 4.42. The van der Waals surface area contributed by atoms with Gasteiger partial charge in [-0.25, -0.2) is 9.97 Å². The van der Waals surface area contributed by atoms with Crippen molar-refractivity contribution >= 4 is 16.5 Å². The maximum Gasteiger partial charge on any atom is 0.215 e. The molecule has 0 saturated heterocycles. The summed E-state index contributed by atoms with van der Waals surface area (Å²) in [6.45, 7) is 1.95. The summed E-state index contributed by atoms with van der Waals surface area (Å²) in [4.78, 5) is 8.38. The van der Waals surface area contributed by atoms with Crippen LogP contribution in [0.5, 0.6) is 5.88 Å². The molecule has 2 heterocycles. The molecule has 0 aliphatic rings. The van der Waals surface area contributed by atoms with Crippen LogP contribution in [-0.4, -0.2) is 17.1 Å². The summed E-state index contributed by atoms with van der Waals surface area (Å²) < 4.78 is 5.09. The zero-order valence-corrected chi connectivity index (χ0v) is 9.34. The van der Waals surface area contributed by atoms with Crippen LogP contribution < -0.4 is 10.5 Å². The van der Waals surface area contributed by atoms with E-state index in [1.807, 2.05) is 18.4 Å². The summed E-state index contributed by atoms with van der Waals surface area (Å²) in [6.07, 6.45) is 1.74. The van der Waals surface area contributed by atoms with E-state index in [1.54, 1.807) is 13.3 Å². The second-order valence-corrected chi connectivity index (χ2v) is 4.01. The molecule has 5 heteroatoms. The van der Waals surface area contributed by atoms with Crippen molar-refractivity contribution < 1.29 is 4.74 Å². The van der Waals surface area contributed by atoms with Gasteiger partial charge in [-0.1, -0.05) is 0 Å². The lowest BCUT2D eigenvalue weighted by Gasteiger charge is -2.04. The lowest BCUT2D eigenvalue weighted by atomic mass is 10.2. The Morgan fingerprint density at radius 1 is 1.47 bits per heavy atom. The molecule has 2 aromatic heterocycles. The van der Waals surface area contributed by atoms with Crippen LogP contribution in [0.15, 0.2) is 17.6 Å². The van der Waals surface area contributed by atoms with E-state index < -0.39 is 0 Å². The molecule has 2 N–H and O–H groups in total. The molecule has 0 aromatic carbocycles. The number of pyridine rings is 1. The third-order valence-electron chi connectivity index (χ3n) is 2.04. The molecule has 0 aliphatic heterocycles. The first kappa shape index (κ1) is 9.92. The number of methoxy groups -OCH3 is 1. The lowest BCUT2D eigenvalue weighted by Crippen LogP contribution is -1.92. The van der Waals surface area contributed by atoms with Crippen LogP contribution in [0.2, 0.25) is 0 Å². The predicted octanol–water partition coefficient (Wildman–Crippen LogP) is 2.10. The number of hydrogen-bond donors (Lipinski definition) is 1. The molecule has 0 saturated carbocycles. The van der Waals surface area contributed by atoms with Crippen molar-refractivity contribution in [1.82, 2.24) is 9.97 Å². The number of nitrogen functional groups attached to an aromatic ring is 1. The standard InChI is InChI=1S/C10H11N3OS/c1-6-3-7(4-12-9(6)14-2)8-5-15-10(11)13-8/h3-5H,1-2H3,(H2,11,13). The topological polar surface area (TPSA) is 61.0 Å². The monoisotopic (exact) mass is 221 g/mol. The van der Waals surface area contributed by atoms with E-state index >= 15 is 0 Å². The fourth-order valence-electron chi connectivity index (χ4n) is 1.34. The van der Waals surface area contributed by atoms with Crippen LogP contribution in [-0.2, 0) is 0 Å². The molecule has 78 valence electrons. The van der Waals surface area contributed by atoms with Gasteiger partial charge in [0.1, 0.15) is 0 Å². The van der Waals surface area contributed by atoms with Crippen molar-refractivity contribution in [1.29, 1.82) is 0 Å². The second-order valence-electron chi connectivity index (χ2n) is 3.12. The molecule has 0 aliphatic carbocycles. The fraction of sp³-hybridized carbons (Fsp3) is 0.200. The number of rotatable bonds is 2. The summed E-state index contributed by atoms with van der Waals surface area (Å²) in [5, 5.41) is 2.48. The molecule has 0 unspecified atom stereocenters. The van der Waals surface area contributed by atoms with Crippen molar-refractivity contribution in [3.63, 3.8) is 0 Å². The number of thiazole rings is 1. The summed E-state index contributed by atoms with van der Waals surface area (Å²) in [5.74, 6) is 0.641. The minimum atomic E-state index is 0.568. The van der Waals surface area contributed by atoms with Gasteiger partial charge in [-0.3, -0.25) is 0 Å². The average Bonchev–Trinajstić information content (AvgIpc) is 2.65. The van der Waals surface area contributed by atoms with Crippen LogP contribution in [0, 0.1) is 6.92 Å². The third-order valence-corrected chi connectivity index (χ3v) is 2.72. The average molecular weight is 221 g/mol. The summed E-state index contributed by atoms with van der Waals surface area (Å²) in [5.41, 5.74) is 8.38. The van der Waals surface area contributed by atoms with Gasteiger partial charge < -0.3 is 10.5 Å². The highest BCUT2D eigenvalue weighted by Gasteiger charge is 2.06. The highest BCUT2D eigenvalue weighted by molar-refractivity contribution is 7.13. The molecule has 0 radical (unpaired) electrons. The van der Waals surface area contributed by atoms with E-state index in [0.717, 1.165) is 16.8 Å². The number of hydrogen-bond acceptors (Lipinski definition) is 5. The Labute approximate surface area is 91.8 Å². The van der Waals surface area contributed by atoms with E-state index in [9.17, 15) is 0 Å². The number of ether oxygens (including phenoxy) is 1. The minimum absolute atomic E-state index is 0.568. The van der Waals surface area contributed by atoms with Crippen molar-refractivity contribution in [2.75, 3.05) is 12.8 Å². The quantitative estimate of drug-likeness (QED) is 0.843. The first-order valence-corrected chi connectivity index (χ1v) is 5.30. The normalized spacial score (nSPS) is 10.3. The zero-order chi connectivity index (χ0) is 10.8. The smallest absolute Gasteiger partial charge is 0.215 e. The molecule has 0 spiro atoms. The van der Waals surface area contributed by atoms with Crippen LogP contribution >= 0.6 is 11.3 Å². The Morgan fingerprint density at radius 3 is 2.80 bits per heavy atom. The Bertz CT molecular complexity index is 481. The van der Waals surface area contributed by atoms with Crippen molar-refractivity contribution in [3.05, 3.63) is 23.2 Å². The number of nitrogens with zero attached hydrogens (tertiary/aromatic N) is 2. The molecule has 2 aromatic rings. The zero-order valence-electron chi connectivity index (χ0n) is 8.52. The van der Waals surface area contributed by atoms with Crippen molar-refractivity contribution in [2.24, 2.45) is 0 Å². The van der Waals surface area contributed by atoms with E-state index in [0.29, 0.717) is 11.0 Å². The maximum absolute atomic E-state index is 5.57. The van der Waals surface area contributed by atoms with E-state index in [-0.39, 0.29) is 0 Å². The Balaban J connectivity index is 2.42. The number of nitrogens with two attached hydrogens (primary N) is 1. The van der Waals surface area contributed by atoms with Crippen LogP contribution in [0.4, 0.5) is 5.13 Å². The first-order chi connectivity index (χ1) is 7.20. The van der Waals surface area contributed by atoms with E-state index in [1.165, 1.54) is 11.3 Å². The van der Waals surface area contributed by atoms with Gasteiger partial charge >= 0.3 is 0 Å². The van der Waals surface area contributed by atoms with E-state index in [4.69, 9.17) is 10.5 Å². The van der Waals surface area contributed by atoms with Crippen LogP contribution in [0.3, 0.4) is 0 Å². The Morgan fingerprint density at radius 2 is 2.27 bits per heavy atom. The van der Waals surface area contributed by atoms with E-state index in [2.05, 4.69) is 9.97 Å². The van der Waals surface area contributed by atoms with Gasteiger partial charge in [0.05, 0.1) is 12.8 Å². The summed E-state index contributed by atoms with van der Waals surface area (Å²) in [7, 11) is 1.61. The van der Waals surface area contributed by atoms with Gasteiger partial charge in [0.15, 0.2) is 5.13 Å². The second kappa shape index (κ2) is 3.86. The molecule has 2 rings (SSSR count). The molecular formula is C10H11N3OS. The highest BCUT2D eigenvalue weighted by Crippen LogP contribution is 2.25. The Hall–Kier alpha value is -1.62. The SMILES string of the molecule is COc1ncc(-c2csc(N)n2)cc1C. The third kappa shape index (κ3) is 1.92. The minimum Gasteiger partial charge on any atom is -0.481 e. The van der Waals surface area contributed by atoms with Gasteiger partial charge in [-0.05, 0) is 13.0 Å². The lowest BCUT2D eigenvalue weighted by molar-refractivity contribution is 0.394. The fourth-order valence-corrected chi connectivity index (χ4v) is 1.91. The number of anilines is 1. The van der Waals surface area contributed by atoms with Gasteiger partial charge in [0.25, 0.3) is 0 Å². The van der Waals surface area contributed by atoms with Crippen molar-refractivity contribution in [3.8, 4) is 17.1 Å². The highest BCUT2D eigenvalue weighted by atomic mass is 32.1. The Kier molecular flexibility index (Phi) is 2.55. The molecule has 0 fully saturated rings. The van der Waals surface area contributed by atoms with Gasteiger partial charge in [-0.15, -0.1) is 11.3 Å². The van der Waals surface area contributed by atoms with Gasteiger partial charge in [-0.2, -0.15) is 0 Å². The van der Waals surface area contributed by atoms with Crippen LogP contribution in [0.25, 0.3) is 11.3 Å². The largest absolute Gasteiger partial charge is 0.481 e. The summed E-state index contributed by atoms with van der Waals surface area (Å²) >= 11 is 1.42. The number of aryl methyl sites for hydroxylation is 1. The number of aromatic nitrogens is 2. The van der Waals surface area contributed by atoms with Crippen molar-refractivity contribution in [2.45, 2.75) is 6.92 Å². The molecule has 4 nitrogen and oxygen atoms in total. The summed E-state index contributed by atoms with van der Waals surface area (Å²) in [6, 6.07) is 1.99. The molecular weight excluding hydrogens is 210 g/mol. The molecule has 0 bridgehead atoms. The van der Waals surface area contributed by atoms with Crippen LogP contribution in [0.1, 0.15) is 5.56 Å². The molecule has 0 amide bonds. The molecule has 15 heavy (non-hydrogen) atoms. The molecule has 0 atom stereocenters. The van der Waals surface area contributed by atoms with Gasteiger partial charge in [0, 0.05) is 22.7 Å². The maximum atomic E-state index is 5.57. The van der Waals surface area contributed by atoms with Gasteiger partial charge in [0.2, 0.25) is 5.88 Å².